The molecule has 3 atom stereocenters. The fourth-order valence-corrected chi connectivity index (χ4v) is 3.44. The van der Waals surface area contributed by atoms with Crippen molar-refractivity contribution in [3.63, 3.8) is 0 Å². The maximum absolute atomic E-state index is 12.3. The highest BCUT2D eigenvalue weighted by Gasteiger charge is 2.37. The van der Waals surface area contributed by atoms with Crippen molar-refractivity contribution >= 4 is 22.7 Å². The van der Waals surface area contributed by atoms with Crippen LogP contribution in [0.1, 0.15) is 5.56 Å². The molecular weight excluding hydrogens is 276 g/mol. The Bertz CT molecular complexity index is 524. The molecule has 6 heteroatoms. The molecule has 1 saturated heterocycles. The summed E-state index contributed by atoms with van der Waals surface area (Å²) in [6.45, 7) is 0.384. The Morgan fingerprint density at radius 2 is 1.85 bits per heavy atom. The van der Waals surface area contributed by atoms with Gasteiger partial charge in [-0.15, -0.1) is 11.8 Å². The number of nitrogens with zero attached hydrogens (tertiary/aromatic N) is 2. The van der Waals surface area contributed by atoms with Gasteiger partial charge in [0.25, 0.3) is 0 Å². The molecule has 2 N–H and O–H groups in total. The van der Waals surface area contributed by atoms with E-state index in [0.717, 1.165) is 10.6 Å². The standard InChI is InChI=1S/C14H16N2O3S/c17-11-6-16(7-12(11)18)14(19)10-8-20-13(15-10)9-4-2-1-3-5-9/h1-5,10-12,17-18H,6-8H2. The summed E-state index contributed by atoms with van der Waals surface area (Å²) in [4.78, 5) is 18.3. The third-order valence-corrected chi connectivity index (χ3v) is 4.62. The van der Waals surface area contributed by atoms with E-state index in [9.17, 15) is 15.0 Å². The zero-order chi connectivity index (χ0) is 14.1. The summed E-state index contributed by atoms with van der Waals surface area (Å²) in [5.41, 5.74) is 1.02. The molecule has 1 aromatic rings. The minimum atomic E-state index is -0.842. The van der Waals surface area contributed by atoms with Gasteiger partial charge in [0, 0.05) is 24.4 Å². The van der Waals surface area contributed by atoms with E-state index in [1.807, 2.05) is 30.3 Å². The molecule has 0 aromatic heterocycles. The number of carbonyl (C=O) groups excluding carboxylic acids is 1. The molecule has 3 unspecified atom stereocenters. The van der Waals surface area contributed by atoms with Crippen molar-refractivity contribution in [2.45, 2.75) is 18.2 Å². The summed E-state index contributed by atoms with van der Waals surface area (Å²) in [6, 6.07) is 9.37. The molecule has 1 aromatic carbocycles. The van der Waals surface area contributed by atoms with Crippen LogP contribution in [0, 0.1) is 0 Å². The van der Waals surface area contributed by atoms with E-state index in [4.69, 9.17) is 0 Å². The molecule has 0 bridgehead atoms. The summed E-state index contributed by atoms with van der Waals surface area (Å²) < 4.78 is 0. The van der Waals surface area contributed by atoms with Crippen molar-refractivity contribution in [3.05, 3.63) is 35.9 Å². The van der Waals surface area contributed by atoms with Gasteiger partial charge in [-0.25, -0.2) is 0 Å². The minimum absolute atomic E-state index is 0.112. The van der Waals surface area contributed by atoms with E-state index < -0.39 is 18.2 Å². The maximum Gasteiger partial charge on any atom is 0.248 e. The third kappa shape index (κ3) is 2.59. The van der Waals surface area contributed by atoms with Gasteiger partial charge in [0.05, 0.1) is 17.3 Å². The van der Waals surface area contributed by atoms with Crippen molar-refractivity contribution < 1.29 is 15.0 Å². The van der Waals surface area contributed by atoms with Gasteiger partial charge in [0.15, 0.2) is 0 Å². The molecule has 2 aliphatic rings. The van der Waals surface area contributed by atoms with Crippen LogP contribution in [0.5, 0.6) is 0 Å². The Morgan fingerprint density at radius 1 is 1.20 bits per heavy atom. The van der Waals surface area contributed by atoms with E-state index in [1.165, 1.54) is 4.90 Å². The first-order valence-corrected chi connectivity index (χ1v) is 7.54. The van der Waals surface area contributed by atoms with Crippen LogP contribution in [0.4, 0.5) is 0 Å². The average Bonchev–Trinajstić information content (AvgIpc) is 3.07. The van der Waals surface area contributed by atoms with Crippen LogP contribution in [0.25, 0.3) is 0 Å². The second-order valence-corrected chi connectivity index (χ2v) is 6.01. The predicted octanol–water partition coefficient (Wildman–Crippen LogP) is 0.113. The molecule has 2 aliphatic heterocycles. The topological polar surface area (TPSA) is 73.1 Å². The minimum Gasteiger partial charge on any atom is -0.388 e. The summed E-state index contributed by atoms with van der Waals surface area (Å²) in [6.07, 6.45) is -1.68. The van der Waals surface area contributed by atoms with Crippen LogP contribution in [-0.4, -0.2) is 63.2 Å². The van der Waals surface area contributed by atoms with Crippen LogP contribution < -0.4 is 0 Å². The normalized spacial score (nSPS) is 29.6. The van der Waals surface area contributed by atoms with Crippen molar-refractivity contribution in [1.82, 2.24) is 4.90 Å². The number of aliphatic hydroxyl groups excluding tert-OH is 2. The van der Waals surface area contributed by atoms with Crippen molar-refractivity contribution in [1.29, 1.82) is 0 Å². The molecule has 0 radical (unpaired) electrons. The average molecular weight is 292 g/mol. The largest absolute Gasteiger partial charge is 0.388 e. The van der Waals surface area contributed by atoms with E-state index in [1.54, 1.807) is 11.8 Å². The first kappa shape index (κ1) is 13.6. The van der Waals surface area contributed by atoms with E-state index in [0.29, 0.717) is 5.75 Å². The van der Waals surface area contributed by atoms with Crippen LogP contribution in [0.2, 0.25) is 0 Å². The number of aliphatic hydroxyl groups is 2. The van der Waals surface area contributed by atoms with Crippen LogP contribution in [0.3, 0.4) is 0 Å². The lowest BCUT2D eigenvalue weighted by Gasteiger charge is -2.17. The van der Waals surface area contributed by atoms with Gasteiger partial charge in [-0.2, -0.15) is 0 Å². The first-order valence-electron chi connectivity index (χ1n) is 6.56. The number of aliphatic imine (C=N–C) groups is 1. The molecular formula is C14H16N2O3S. The molecule has 1 amide bonds. The van der Waals surface area contributed by atoms with Gasteiger partial charge < -0.3 is 15.1 Å². The lowest BCUT2D eigenvalue weighted by atomic mass is 10.2. The Morgan fingerprint density at radius 3 is 2.50 bits per heavy atom. The Labute approximate surface area is 121 Å². The smallest absolute Gasteiger partial charge is 0.248 e. The Hall–Kier alpha value is -1.37. The summed E-state index contributed by atoms with van der Waals surface area (Å²) in [5, 5.41) is 19.9. The monoisotopic (exact) mass is 292 g/mol. The number of β-amino-alcohol motifs (C(OH)–C–C–N with tert-alkyl or cyclic N) is 2. The number of hydrogen-bond acceptors (Lipinski definition) is 5. The lowest BCUT2D eigenvalue weighted by Crippen LogP contribution is -2.37. The van der Waals surface area contributed by atoms with Crippen molar-refractivity contribution in [2.75, 3.05) is 18.8 Å². The number of rotatable bonds is 2. The third-order valence-electron chi connectivity index (χ3n) is 3.53. The van der Waals surface area contributed by atoms with Crippen LogP contribution >= 0.6 is 11.8 Å². The second-order valence-electron chi connectivity index (χ2n) is 5.00. The van der Waals surface area contributed by atoms with Crippen molar-refractivity contribution in [2.24, 2.45) is 4.99 Å². The molecule has 5 nitrogen and oxygen atoms in total. The fraction of sp³-hybridized carbons (Fsp3) is 0.429. The van der Waals surface area contributed by atoms with Gasteiger partial charge in [-0.05, 0) is 0 Å². The van der Waals surface area contributed by atoms with Crippen LogP contribution in [0.15, 0.2) is 35.3 Å². The number of benzene rings is 1. The van der Waals surface area contributed by atoms with E-state index in [-0.39, 0.29) is 19.0 Å². The molecule has 0 saturated carbocycles. The van der Waals surface area contributed by atoms with Crippen LogP contribution in [-0.2, 0) is 4.79 Å². The predicted molar refractivity (Wildman–Crippen MR) is 77.8 cm³/mol. The maximum atomic E-state index is 12.3. The van der Waals surface area contributed by atoms with Gasteiger partial charge in [0.2, 0.25) is 5.91 Å². The number of carbonyl (C=O) groups is 1. The first-order chi connectivity index (χ1) is 9.65. The van der Waals surface area contributed by atoms with E-state index >= 15 is 0 Å². The summed E-state index contributed by atoms with van der Waals surface area (Å²) in [7, 11) is 0. The fourth-order valence-electron chi connectivity index (χ4n) is 2.40. The Balaban J connectivity index is 1.70. The van der Waals surface area contributed by atoms with Gasteiger partial charge in [0.1, 0.15) is 6.04 Å². The number of amides is 1. The lowest BCUT2D eigenvalue weighted by molar-refractivity contribution is -0.131. The molecule has 0 aliphatic carbocycles. The number of hydrogen-bond donors (Lipinski definition) is 2. The summed E-state index contributed by atoms with van der Waals surface area (Å²) in [5.74, 6) is 0.505. The number of thioether (sulfide) groups is 1. The SMILES string of the molecule is O=C(C1CSC(c2ccccc2)=N1)N1CC(O)C(O)C1. The highest BCUT2D eigenvalue weighted by atomic mass is 32.2. The molecule has 0 spiro atoms. The quantitative estimate of drug-likeness (QED) is 0.811. The molecule has 20 heavy (non-hydrogen) atoms. The zero-order valence-electron chi connectivity index (χ0n) is 10.8. The molecule has 106 valence electrons. The summed E-state index contributed by atoms with van der Waals surface area (Å²) >= 11 is 1.57. The highest BCUT2D eigenvalue weighted by molar-refractivity contribution is 8.14. The van der Waals surface area contributed by atoms with E-state index in [2.05, 4.69) is 4.99 Å². The Kier molecular flexibility index (Phi) is 3.78. The molecule has 2 heterocycles. The second kappa shape index (κ2) is 5.55. The van der Waals surface area contributed by atoms with Gasteiger partial charge in [-0.3, -0.25) is 9.79 Å². The zero-order valence-corrected chi connectivity index (χ0v) is 11.7. The highest BCUT2D eigenvalue weighted by Crippen LogP contribution is 2.25. The number of likely N-dealkylation sites (tertiary alicyclic amines) is 1. The van der Waals surface area contributed by atoms with Crippen molar-refractivity contribution in [3.8, 4) is 0 Å². The van der Waals surface area contributed by atoms with Gasteiger partial charge in [-0.1, -0.05) is 30.3 Å². The molecule has 3 rings (SSSR count). The van der Waals surface area contributed by atoms with Gasteiger partial charge >= 0.3 is 0 Å². The molecule has 1 fully saturated rings.